The lowest BCUT2D eigenvalue weighted by Crippen LogP contribution is -2.43. The molecular formula is C22H21N3O3. The summed E-state index contributed by atoms with van der Waals surface area (Å²) in [5.74, 6) is 2.33. The highest BCUT2D eigenvalue weighted by Gasteiger charge is 2.31. The summed E-state index contributed by atoms with van der Waals surface area (Å²) in [6.07, 6.45) is 3.04. The van der Waals surface area contributed by atoms with Crippen molar-refractivity contribution >= 4 is 11.6 Å². The van der Waals surface area contributed by atoms with Gasteiger partial charge in [-0.25, -0.2) is 0 Å². The minimum atomic E-state index is -0.0537. The number of hydrogen-bond donors (Lipinski definition) is 0. The molecule has 2 aliphatic rings. The minimum Gasteiger partial charge on any atom is -0.486 e. The fraction of sp³-hybridized carbons (Fsp3) is 0.318. The first-order valence-electron chi connectivity index (χ1n) is 9.74. The Balaban J connectivity index is 1.46. The molecule has 6 heteroatoms. The minimum absolute atomic E-state index is 0.0136. The third-order valence-electron chi connectivity index (χ3n) is 5.27. The van der Waals surface area contributed by atoms with Crippen molar-refractivity contribution in [3.8, 4) is 17.1 Å². The number of amides is 1. The quantitative estimate of drug-likeness (QED) is 0.675. The summed E-state index contributed by atoms with van der Waals surface area (Å²) in [7, 11) is 0. The molecule has 6 nitrogen and oxygen atoms in total. The second-order valence-electron chi connectivity index (χ2n) is 7.34. The number of carbonyl (C=O) groups excluding carboxylic acids is 1. The van der Waals surface area contributed by atoms with Gasteiger partial charge < -0.3 is 14.2 Å². The van der Waals surface area contributed by atoms with Gasteiger partial charge in [-0.2, -0.15) is 4.98 Å². The van der Waals surface area contributed by atoms with E-state index in [0.717, 1.165) is 36.3 Å². The van der Waals surface area contributed by atoms with Crippen LogP contribution in [0.15, 0.2) is 53.1 Å². The van der Waals surface area contributed by atoms with Crippen molar-refractivity contribution in [1.29, 1.82) is 0 Å². The van der Waals surface area contributed by atoms with Gasteiger partial charge in [-0.1, -0.05) is 36.3 Å². The lowest BCUT2D eigenvalue weighted by molar-refractivity contribution is 0.0954. The summed E-state index contributed by atoms with van der Waals surface area (Å²) in [6.45, 7) is 2.60. The van der Waals surface area contributed by atoms with Gasteiger partial charge in [-0.15, -0.1) is 0 Å². The molecule has 5 rings (SSSR count). The Kier molecular flexibility index (Phi) is 4.11. The van der Waals surface area contributed by atoms with Crippen LogP contribution >= 0.6 is 0 Å². The highest BCUT2D eigenvalue weighted by Crippen LogP contribution is 2.39. The summed E-state index contributed by atoms with van der Waals surface area (Å²) < 4.78 is 11.4. The van der Waals surface area contributed by atoms with Crippen molar-refractivity contribution in [2.45, 2.75) is 38.2 Å². The fourth-order valence-corrected chi connectivity index (χ4v) is 3.50. The Bertz CT molecular complexity index is 1030. The van der Waals surface area contributed by atoms with Crippen LogP contribution in [0.1, 0.15) is 48.4 Å². The summed E-state index contributed by atoms with van der Waals surface area (Å²) in [5.41, 5.74) is 2.19. The zero-order chi connectivity index (χ0) is 19.1. The molecule has 3 aromatic rings. The highest BCUT2D eigenvalue weighted by atomic mass is 16.5. The lowest BCUT2D eigenvalue weighted by atomic mass is 10.1. The molecule has 1 fully saturated rings. The van der Waals surface area contributed by atoms with Gasteiger partial charge in [0.2, 0.25) is 11.7 Å². The van der Waals surface area contributed by atoms with Crippen molar-refractivity contribution < 1.29 is 14.1 Å². The van der Waals surface area contributed by atoms with Crippen molar-refractivity contribution in [2.75, 3.05) is 11.4 Å². The Morgan fingerprint density at radius 2 is 2.04 bits per heavy atom. The van der Waals surface area contributed by atoms with Gasteiger partial charge in [-0.3, -0.25) is 4.79 Å². The van der Waals surface area contributed by atoms with Crippen molar-refractivity contribution in [3.05, 3.63) is 60.0 Å². The number of ether oxygens (including phenoxy) is 1. The molecule has 1 aliphatic carbocycles. The van der Waals surface area contributed by atoms with Crippen molar-refractivity contribution in [1.82, 2.24) is 10.1 Å². The molecule has 0 N–H and O–H groups in total. The van der Waals surface area contributed by atoms with Crippen LogP contribution < -0.4 is 9.64 Å². The SMILES string of the molecule is CC[C@@H]1CN(C(=O)c2cccc(-c3noc(C4CC4)n3)c2)c2ccccc2O1. The number of nitrogens with zero attached hydrogens (tertiary/aromatic N) is 3. The number of hydrogen-bond acceptors (Lipinski definition) is 5. The number of para-hydroxylation sites is 2. The molecule has 0 bridgehead atoms. The average molecular weight is 375 g/mol. The first kappa shape index (κ1) is 17.0. The predicted octanol–water partition coefficient (Wildman–Crippen LogP) is 4.43. The van der Waals surface area contributed by atoms with Gasteiger partial charge in [-0.05, 0) is 43.5 Å². The number of benzene rings is 2. The van der Waals surface area contributed by atoms with Crippen molar-refractivity contribution in [3.63, 3.8) is 0 Å². The third kappa shape index (κ3) is 3.05. The van der Waals surface area contributed by atoms with Crippen LogP contribution in [0.2, 0.25) is 0 Å². The van der Waals surface area contributed by atoms with Gasteiger partial charge in [0.25, 0.3) is 5.91 Å². The van der Waals surface area contributed by atoms with E-state index in [2.05, 4.69) is 17.1 Å². The first-order chi connectivity index (χ1) is 13.7. The number of carbonyl (C=O) groups is 1. The molecule has 0 radical (unpaired) electrons. The average Bonchev–Trinajstić information content (AvgIpc) is 3.49. The molecule has 1 atom stereocenters. The largest absolute Gasteiger partial charge is 0.486 e. The lowest BCUT2D eigenvalue weighted by Gasteiger charge is -2.34. The summed E-state index contributed by atoms with van der Waals surface area (Å²) in [5, 5.41) is 4.09. The smallest absolute Gasteiger partial charge is 0.258 e. The van der Waals surface area contributed by atoms with E-state index >= 15 is 0 Å². The Labute approximate surface area is 163 Å². The zero-order valence-electron chi connectivity index (χ0n) is 15.7. The van der Waals surface area contributed by atoms with Crippen LogP contribution in [0, 0.1) is 0 Å². The van der Waals surface area contributed by atoms with Gasteiger partial charge in [0.15, 0.2) is 0 Å². The van der Waals surface area contributed by atoms with Crippen LogP contribution in [0.5, 0.6) is 5.75 Å². The molecule has 1 aromatic heterocycles. The molecular weight excluding hydrogens is 354 g/mol. The van der Waals surface area contributed by atoms with Gasteiger partial charge >= 0.3 is 0 Å². The topological polar surface area (TPSA) is 68.5 Å². The van der Waals surface area contributed by atoms with Crippen LogP contribution in [0.3, 0.4) is 0 Å². The van der Waals surface area contributed by atoms with E-state index < -0.39 is 0 Å². The van der Waals surface area contributed by atoms with E-state index in [-0.39, 0.29) is 12.0 Å². The number of fused-ring (bicyclic) bond motifs is 1. The van der Waals surface area contributed by atoms with Crippen LogP contribution in [-0.4, -0.2) is 28.7 Å². The predicted molar refractivity (Wildman–Crippen MR) is 105 cm³/mol. The molecule has 2 heterocycles. The normalized spacial score (nSPS) is 18.5. The van der Waals surface area contributed by atoms with Gasteiger partial charge in [0, 0.05) is 17.0 Å². The van der Waals surface area contributed by atoms with E-state index in [1.165, 1.54) is 0 Å². The van der Waals surface area contributed by atoms with E-state index in [9.17, 15) is 4.79 Å². The van der Waals surface area contributed by atoms with E-state index in [1.54, 1.807) is 4.90 Å². The Morgan fingerprint density at radius 3 is 2.86 bits per heavy atom. The van der Waals surface area contributed by atoms with Crippen molar-refractivity contribution in [2.24, 2.45) is 0 Å². The van der Waals surface area contributed by atoms with Gasteiger partial charge in [0.1, 0.15) is 11.9 Å². The molecule has 28 heavy (non-hydrogen) atoms. The molecule has 0 unspecified atom stereocenters. The molecule has 2 aromatic carbocycles. The second-order valence-corrected chi connectivity index (χ2v) is 7.34. The third-order valence-corrected chi connectivity index (χ3v) is 5.27. The molecule has 0 saturated heterocycles. The van der Waals surface area contributed by atoms with Crippen LogP contribution in [0.25, 0.3) is 11.4 Å². The summed E-state index contributed by atoms with van der Waals surface area (Å²) in [6, 6.07) is 15.1. The van der Waals surface area contributed by atoms with E-state index in [1.807, 2.05) is 48.5 Å². The second kappa shape index (κ2) is 6.78. The first-order valence-corrected chi connectivity index (χ1v) is 9.74. The maximum atomic E-state index is 13.3. The molecule has 142 valence electrons. The fourth-order valence-electron chi connectivity index (χ4n) is 3.50. The maximum Gasteiger partial charge on any atom is 0.258 e. The van der Waals surface area contributed by atoms with Crippen LogP contribution in [-0.2, 0) is 0 Å². The number of anilines is 1. The van der Waals surface area contributed by atoms with E-state index in [4.69, 9.17) is 9.26 Å². The number of aromatic nitrogens is 2. The summed E-state index contributed by atoms with van der Waals surface area (Å²) in [4.78, 5) is 19.6. The maximum absolute atomic E-state index is 13.3. The molecule has 1 amide bonds. The number of rotatable bonds is 4. The summed E-state index contributed by atoms with van der Waals surface area (Å²) >= 11 is 0. The Morgan fingerprint density at radius 1 is 1.18 bits per heavy atom. The van der Waals surface area contributed by atoms with Crippen LogP contribution in [0.4, 0.5) is 5.69 Å². The Hall–Kier alpha value is -3.15. The highest BCUT2D eigenvalue weighted by molar-refractivity contribution is 6.07. The monoisotopic (exact) mass is 375 g/mol. The molecule has 1 saturated carbocycles. The molecule has 1 aliphatic heterocycles. The van der Waals surface area contributed by atoms with Gasteiger partial charge in [0.05, 0.1) is 12.2 Å². The van der Waals surface area contributed by atoms with E-state index in [0.29, 0.717) is 29.7 Å². The standard InChI is InChI=1S/C22H21N3O3/c1-2-17-13-25(18-8-3-4-9-19(18)27-17)22(26)16-7-5-6-15(12-16)20-23-21(28-24-20)14-10-11-14/h3-9,12,14,17H,2,10-11,13H2,1H3/t17-/m1/s1. The molecule has 0 spiro atoms. The zero-order valence-corrected chi connectivity index (χ0v) is 15.7.